The molecule has 2 aromatic carbocycles. The Kier molecular flexibility index (Phi) is 4.87. The number of hydrogen-bond donors (Lipinski definition) is 3. The Morgan fingerprint density at radius 3 is 2.77 bits per heavy atom. The number of carbonyl (C=O) groups excluding carboxylic acids is 1. The lowest BCUT2D eigenvalue weighted by molar-refractivity contribution is 0.164. The van der Waals surface area contributed by atoms with Gasteiger partial charge in [-0.15, -0.1) is 0 Å². The summed E-state index contributed by atoms with van der Waals surface area (Å²) >= 11 is 0. The van der Waals surface area contributed by atoms with Crippen LogP contribution in [0.4, 0.5) is 22.1 Å². The smallest absolute Gasteiger partial charge is 0.321 e. The summed E-state index contributed by atoms with van der Waals surface area (Å²) in [5.74, 6) is 0.497. The molecule has 2 amide bonds. The number of nitrogens with zero attached hydrogens (tertiary/aromatic N) is 5. The maximum Gasteiger partial charge on any atom is 0.321 e. The maximum atomic E-state index is 12.8. The van der Waals surface area contributed by atoms with Crippen molar-refractivity contribution in [2.75, 3.05) is 43.9 Å². The molecule has 0 atom stereocenters. The van der Waals surface area contributed by atoms with Crippen LogP contribution in [0.15, 0.2) is 42.9 Å². The van der Waals surface area contributed by atoms with Crippen LogP contribution in [0.25, 0.3) is 21.9 Å². The number of amides is 2. The average molecular weight is 416 g/mol. The SMILES string of the molecule is Cc1cccc2cnc(Nc3cc(NC(=O)N4CCN(C)CC4)c4nc[nH]c4c3)nc12. The van der Waals surface area contributed by atoms with Crippen molar-refractivity contribution in [3.05, 3.63) is 48.4 Å². The van der Waals surface area contributed by atoms with E-state index in [4.69, 9.17) is 0 Å². The number of aromatic amines is 1. The van der Waals surface area contributed by atoms with Gasteiger partial charge in [0.05, 0.1) is 23.0 Å². The van der Waals surface area contributed by atoms with Crippen molar-refractivity contribution in [1.29, 1.82) is 0 Å². The summed E-state index contributed by atoms with van der Waals surface area (Å²) in [6.07, 6.45) is 3.43. The Morgan fingerprint density at radius 1 is 1.10 bits per heavy atom. The fraction of sp³-hybridized carbons (Fsp3) is 0.273. The van der Waals surface area contributed by atoms with Gasteiger partial charge in [0.25, 0.3) is 0 Å². The molecular formula is C22H24N8O. The first-order valence-electron chi connectivity index (χ1n) is 10.3. The zero-order chi connectivity index (χ0) is 21.4. The minimum absolute atomic E-state index is 0.118. The first kappa shape index (κ1) is 19.3. The third-order valence-corrected chi connectivity index (χ3v) is 5.62. The van der Waals surface area contributed by atoms with Crippen LogP contribution in [0.5, 0.6) is 0 Å². The standard InChI is InChI=1S/C22H24N8O/c1-14-4-3-5-15-12-23-21(28-19(14)15)26-16-10-17-20(25-13-24-17)18(11-16)27-22(31)30-8-6-29(2)7-9-30/h3-5,10-13H,6-9H2,1-2H3,(H,24,25)(H,27,31)(H,23,26,28). The van der Waals surface area contributed by atoms with Crippen molar-refractivity contribution >= 4 is 45.3 Å². The van der Waals surface area contributed by atoms with E-state index in [2.05, 4.69) is 42.5 Å². The Hall–Kier alpha value is -3.72. The van der Waals surface area contributed by atoms with Gasteiger partial charge >= 0.3 is 6.03 Å². The minimum atomic E-state index is -0.118. The predicted molar refractivity (Wildman–Crippen MR) is 122 cm³/mol. The Labute approximate surface area is 179 Å². The molecule has 9 nitrogen and oxygen atoms in total. The molecule has 4 aromatic rings. The molecule has 0 spiro atoms. The lowest BCUT2D eigenvalue weighted by Crippen LogP contribution is -2.48. The van der Waals surface area contributed by atoms with Crippen LogP contribution >= 0.6 is 0 Å². The number of para-hydroxylation sites is 1. The zero-order valence-electron chi connectivity index (χ0n) is 17.5. The quantitative estimate of drug-likeness (QED) is 0.473. The summed E-state index contributed by atoms with van der Waals surface area (Å²) < 4.78 is 0. The van der Waals surface area contributed by atoms with E-state index in [1.807, 2.05) is 48.4 Å². The molecule has 31 heavy (non-hydrogen) atoms. The average Bonchev–Trinajstić information content (AvgIpc) is 3.24. The van der Waals surface area contributed by atoms with Crippen molar-refractivity contribution in [3.8, 4) is 0 Å². The van der Waals surface area contributed by atoms with Crippen LogP contribution in [0.1, 0.15) is 5.56 Å². The molecule has 5 rings (SSSR count). The van der Waals surface area contributed by atoms with Crippen LogP contribution in [0.2, 0.25) is 0 Å². The highest BCUT2D eigenvalue weighted by Gasteiger charge is 2.20. The van der Waals surface area contributed by atoms with Gasteiger partial charge in [-0.25, -0.2) is 19.7 Å². The van der Waals surface area contributed by atoms with E-state index in [1.165, 1.54) is 0 Å². The van der Waals surface area contributed by atoms with E-state index in [-0.39, 0.29) is 6.03 Å². The summed E-state index contributed by atoms with van der Waals surface area (Å²) in [4.78, 5) is 33.4. The summed E-state index contributed by atoms with van der Waals surface area (Å²) in [6.45, 7) is 5.17. The number of likely N-dealkylation sites (N-methyl/N-ethyl adjacent to an activating group) is 1. The van der Waals surface area contributed by atoms with Crippen LogP contribution in [-0.2, 0) is 0 Å². The molecule has 0 radical (unpaired) electrons. The Balaban J connectivity index is 1.42. The number of aromatic nitrogens is 4. The van der Waals surface area contributed by atoms with Crippen LogP contribution in [0.3, 0.4) is 0 Å². The number of benzene rings is 2. The number of imidazole rings is 1. The molecule has 3 N–H and O–H groups in total. The fourth-order valence-electron chi connectivity index (χ4n) is 3.81. The number of piperazine rings is 1. The second-order valence-electron chi connectivity index (χ2n) is 7.87. The molecule has 0 aliphatic carbocycles. The highest BCUT2D eigenvalue weighted by molar-refractivity contribution is 6.00. The van der Waals surface area contributed by atoms with E-state index in [0.29, 0.717) is 30.2 Å². The molecule has 1 fully saturated rings. The third-order valence-electron chi connectivity index (χ3n) is 5.62. The molecule has 0 bridgehead atoms. The summed E-state index contributed by atoms with van der Waals surface area (Å²) in [5.41, 5.74) is 4.93. The maximum absolute atomic E-state index is 12.8. The van der Waals surface area contributed by atoms with Crippen molar-refractivity contribution in [3.63, 3.8) is 0 Å². The summed E-state index contributed by atoms with van der Waals surface area (Å²) in [5, 5.41) is 7.28. The normalized spacial score (nSPS) is 14.8. The largest absolute Gasteiger partial charge is 0.344 e. The van der Waals surface area contributed by atoms with E-state index < -0.39 is 0 Å². The number of anilines is 3. The van der Waals surface area contributed by atoms with E-state index in [9.17, 15) is 4.79 Å². The number of nitrogens with one attached hydrogen (secondary N) is 3. The van der Waals surface area contributed by atoms with Gasteiger partial charge in [0, 0.05) is 43.4 Å². The van der Waals surface area contributed by atoms with Crippen molar-refractivity contribution in [1.82, 2.24) is 29.7 Å². The molecule has 3 heterocycles. The van der Waals surface area contributed by atoms with Gasteiger partial charge in [-0.3, -0.25) is 0 Å². The Bertz CT molecular complexity index is 1260. The second-order valence-corrected chi connectivity index (χ2v) is 7.87. The summed E-state index contributed by atoms with van der Waals surface area (Å²) in [6, 6.07) is 9.70. The van der Waals surface area contributed by atoms with E-state index in [1.54, 1.807) is 6.33 Å². The molecule has 9 heteroatoms. The number of aryl methyl sites for hydroxylation is 1. The number of rotatable bonds is 3. The molecule has 1 aliphatic rings. The van der Waals surface area contributed by atoms with Crippen molar-refractivity contribution < 1.29 is 4.79 Å². The lowest BCUT2D eigenvalue weighted by Gasteiger charge is -2.32. The molecule has 0 saturated carbocycles. The second kappa shape index (κ2) is 7.84. The van der Waals surface area contributed by atoms with Crippen LogP contribution < -0.4 is 10.6 Å². The molecule has 158 valence electrons. The van der Waals surface area contributed by atoms with Gasteiger partial charge in [-0.05, 0) is 31.7 Å². The third kappa shape index (κ3) is 3.87. The molecule has 0 unspecified atom stereocenters. The number of fused-ring (bicyclic) bond motifs is 2. The number of urea groups is 1. The van der Waals surface area contributed by atoms with Crippen LogP contribution in [0, 0.1) is 6.92 Å². The van der Waals surface area contributed by atoms with Gasteiger partial charge < -0.3 is 25.4 Å². The molecular weight excluding hydrogens is 392 g/mol. The number of carbonyl (C=O) groups is 1. The zero-order valence-corrected chi connectivity index (χ0v) is 17.5. The lowest BCUT2D eigenvalue weighted by atomic mass is 10.1. The first-order chi connectivity index (χ1) is 15.1. The van der Waals surface area contributed by atoms with Gasteiger partial charge in [-0.2, -0.15) is 0 Å². The molecule has 1 aliphatic heterocycles. The van der Waals surface area contributed by atoms with Crippen molar-refractivity contribution in [2.45, 2.75) is 6.92 Å². The number of hydrogen-bond acceptors (Lipinski definition) is 6. The fourth-order valence-corrected chi connectivity index (χ4v) is 3.81. The molecule has 2 aromatic heterocycles. The van der Waals surface area contributed by atoms with Crippen LogP contribution in [-0.4, -0.2) is 69.0 Å². The number of H-pyrrole nitrogens is 1. The van der Waals surface area contributed by atoms with Gasteiger partial charge in [0.1, 0.15) is 5.52 Å². The van der Waals surface area contributed by atoms with E-state index >= 15 is 0 Å². The van der Waals surface area contributed by atoms with Gasteiger partial charge in [0.2, 0.25) is 5.95 Å². The van der Waals surface area contributed by atoms with Crippen molar-refractivity contribution in [2.24, 2.45) is 0 Å². The Morgan fingerprint density at radius 2 is 1.94 bits per heavy atom. The minimum Gasteiger partial charge on any atom is -0.344 e. The monoisotopic (exact) mass is 416 g/mol. The summed E-state index contributed by atoms with van der Waals surface area (Å²) in [7, 11) is 2.06. The molecule has 1 saturated heterocycles. The van der Waals surface area contributed by atoms with Gasteiger partial charge in [-0.1, -0.05) is 18.2 Å². The topological polar surface area (TPSA) is 102 Å². The first-order valence-corrected chi connectivity index (χ1v) is 10.3. The van der Waals surface area contributed by atoms with E-state index in [0.717, 1.165) is 40.8 Å². The predicted octanol–water partition coefficient (Wildman–Crippen LogP) is 3.34. The van der Waals surface area contributed by atoms with Gasteiger partial charge in [0.15, 0.2) is 0 Å². The highest BCUT2D eigenvalue weighted by atomic mass is 16.2. The highest BCUT2D eigenvalue weighted by Crippen LogP contribution is 2.28.